The first kappa shape index (κ1) is 11.8. The van der Waals surface area contributed by atoms with Crippen LogP contribution in [0.4, 0.5) is 0 Å². The molecule has 0 saturated carbocycles. The van der Waals surface area contributed by atoms with Crippen LogP contribution in [-0.2, 0) is 4.74 Å². The van der Waals surface area contributed by atoms with Crippen molar-refractivity contribution < 1.29 is 9.26 Å². The van der Waals surface area contributed by atoms with Gasteiger partial charge in [0.2, 0.25) is 11.7 Å². The molecule has 2 aromatic rings. The third kappa shape index (κ3) is 2.51. The van der Waals surface area contributed by atoms with Gasteiger partial charge in [-0.05, 0) is 12.5 Å². The first-order valence-corrected chi connectivity index (χ1v) is 5.39. The van der Waals surface area contributed by atoms with Crippen molar-refractivity contribution in [2.45, 2.75) is 19.1 Å². The summed E-state index contributed by atoms with van der Waals surface area (Å²) < 4.78 is 10.5. The van der Waals surface area contributed by atoms with Gasteiger partial charge in [-0.1, -0.05) is 35.5 Å². The number of hydrogen-bond acceptors (Lipinski definition) is 5. The van der Waals surface area contributed by atoms with Crippen LogP contribution in [0.1, 0.15) is 36.3 Å². The minimum Gasteiger partial charge on any atom is -0.369 e. The summed E-state index contributed by atoms with van der Waals surface area (Å²) in [4.78, 5) is 4.23. The zero-order chi connectivity index (χ0) is 12.3. The molecule has 90 valence electrons. The molecule has 0 radical (unpaired) electrons. The van der Waals surface area contributed by atoms with E-state index in [1.165, 1.54) is 0 Å². The van der Waals surface area contributed by atoms with Crippen LogP contribution in [0.2, 0.25) is 0 Å². The van der Waals surface area contributed by atoms with Gasteiger partial charge in [0.25, 0.3) is 0 Å². The second kappa shape index (κ2) is 5.07. The molecule has 0 spiro atoms. The Labute approximate surface area is 99.6 Å². The predicted molar refractivity (Wildman–Crippen MR) is 62.2 cm³/mol. The summed E-state index contributed by atoms with van der Waals surface area (Å²) in [5.74, 6) is 0.906. The lowest BCUT2D eigenvalue weighted by Gasteiger charge is -2.10. The largest absolute Gasteiger partial charge is 0.369 e. The topological polar surface area (TPSA) is 74.2 Å². The third-order valence-electron chi connectivity index (χ3n) is 2.42. The van der Waals surface area contributed by atoms with Gasteiger partial charge in [0, 0.05) is 7.11 Å². The summed E-state index contributed by atoms with van der Waals surface area (Å²) >= 11 is 0. The van der Waals surface area contributed by atoms with Crippen molar-refractivity contribution in [2.75, 3.05) is 7.11 Å². The fraction of sp³-hybridized carbons (Fsp3) is 0.333. The summed E-state index contributed by atoms with van der Waals surface area (Å²) in [6.45, 7) is 1.79. The Morgan fingerprint density at radius 2 is 2.00 bits per heavy atom. The number of ether oxygens (including phenoxy) is 1. The van der Waals surface area contributed by atoms with Crippen LogP contribution in [0.25, 0.3) is 0 Å². The Morgan fingerprint density at radius 1 is 1.29 bits per heavy atom. The maximum atomic E-state index is 5.67. The van der Waals surface area contributed by atoms with Crippen molar-refractivity contribution in [1.82, 2.24) is 10.1 Å². The lowest BCUT2D eigenvalue weighted by atomic mass is 10.1. The van der Waals surface area contributed by atoms with Crippen molar-refractivity contribution in [1.29, 1.82) is 0 Å². The van der Waals surface area contributed by atoms with Crippen LogP contribution in [0, 0.1) is 0 Å². The minimum absolute atomic E-state index is 0.274. The van der Waals surface area contributed by atoms with E-state index in [1.54, 1.807) is 14.0 Å². The molecule has 0 fully saturated rings. The molecule has 1 heterocycles. The first-order chi connectivity index (χ1) is 8.22. The summed E-state index contributed by atoms with van der Waals surface area (Å²) in [5.41, 5.74) is 6.65. The maximum Gasteiger partial charge on any atom is 0.243 e. The zero-order valence-corrected chi connectivity index (χ0v) is 9.83. The molecule has 0 amide bonds. The molecule has 0 aliphatic heterocycles. The van der Waals surface area contributed by atoms with E-state index in [0.717, 1.165) is 5.56 Å². The third-order valence-corrected chi connectivity index (χ3v) is 2.42. The molecule has 0 aliphatic rings. The number of benzene rings is 1. The first-order valence-electron chi connectivity index (χ1n) is 5.39. The van der Waals surface area contributed by atoms with Gasteiger partial charge in [-0.15, -0.1) is 0 Å². The number of rotatable bonds is 4. The standard InChI is InChI=1S/C12H15N3O2/c1-8(13)12-14-11(15-17-12)10(16-2)9-6-4-3-5-7-9/h3-8,10H,13H2,1-2H3/t8-,10?/m1/s1. The molecule has 0 bridgehead atoms. The quantitative estimate of drug-likeness (QED) is 0.871. The van der Waals surface area contributed by atoms with E-state index < -0.39 is 0 Å². The number of nitrogens with zero attached hydrogens (tertiary/aromatic N) is 2. The van der Waals surface area contributed by atoms with E-state index in [0.29, 0.717) is 11.7 Å². The predicted octanol–water partition coefficient (Wildman–Crippen LogP) is 1.83. The van der Waals surface area contributed by atoms with Crippen molar-refractivity contribution in [3.05, 3.63) is 47.6 Å². The highest BCUT2D eigenvalue weighted by Crippen LogP contribution is 2.23. The Morgan fingerprint density at radius 3 is 2.53 bits per heavy atom. The van der Waals surface area contributed by atoms with Gasteiger partial charge in [-0.25, -0.2) is 0 Å². The van der Waals surface area contributed by atoms with Crippen molar-refractivity contribution >= 4 is 0 Å². The fourth-order valence-electron chi connectivity index (χ4n) is 1.56. The van der Waals surface area contributed by atoms with Gasteiger partial charge in [-0.2, -0.15) is 4.98 Å². The maximum absolute atomic E-state index is 5.67. The molecule has 17 heavy (non-hydrogen) atoms. The van der Waals surface area contributed by atoms with Crippen molar-refractivity contribution in [3.63, 3.8) is 0 Å². The van der Waals surface area contributed by atoms with Crippen molar-refractivity contribution in [2.24, 2.45) is 5.73 Å². The van der Waals surface area contributed by atoms with E-state index in [2.05, 4.69) is 10.1 Å². The number of aromatic nitrogens is 2. The van der Waals surface area contributed by atoms with Gasteiger partial charge in [0.15, 0.2) is 0 Å². The molecule has 5 nitrogen and oxygen atoms in total. The van der Waals surface area contributed by atoms with Gasteiger partial charge in [0.05, 0.1) is 6.04 Å². The molecule has 2 atom stereocenters. The highest BCUT2D eigenvalue weighted by molar-refractivity contribution is 5.22. The number of methoxy groups -OCH3 is 1. The van der Waals surface area contributed by atoms with Crippen LogP contribution in [-0.4, -0.2) is 17.3 Å². The fourth-order valence-corrected chi connectivity index (χ4v) is 1.56. The highest BCUT2D eigenvalue weighted by atomic mass is 16.5. The molecule has 1 aromatic carbocycles. The molecule has 2 N–H and O–H groups in total. The van der Waals surface area contributed by atoms with Gasteiger partial charge in [0.1, 0.15) is 6.10 Å². The van der Waals surface area contributed by atoms with E-state index in [4.69, 9.17) is 15.0 Å². The minimum atomic E-state index is -0.326. The molecular weight excluding hydrogens is 218 g/mol. The molecule has 0 aliphatic carbocycles. The van der Waals surface area contributed by atoms with Crippen LogP contribution in [0.5, 0.6) is 0 Å². The van der Waals surface area contributed by atoms with Crippen LogP contribution < -0.4 is 5.73 Å². The summed E-state index contributed by atoms with van der Waals surface area (Å²) in [5, 5.41) is 3.89. The normalized spacial score (nSPS) is 14.5. The Bertz CT molecular complexity index is 468. The highest BCUT2D eigenvalue weighted by Gasteiger charge is 2.20. The number of nitrogens with two attached hydrogens (primary N) is 1. The van der Waals surface area contributed by atoms with Crippen LogP contribution in [0.3, 0.4) is 0 Å². The smallest absolute Gasteiger partial charge is 0.243 e. The summed E-state index contributed by atoms with van der Waals surface area (Å²) in [6, 6.07) is 9.46. The summed E-state index contributed by atoms with van der Waals surface area (Å²) in [6.07, 6.45) is -0.326. The SMILES string of the molecule is COC(c1ccccc1)c1noc([C@@H](C)N)n1. The lowest BCUT2D eigenvalue weighted by molar-refractivity contribution is 0.126. The van der Waals surface area contributed by atoms with E-state index in [9.17, 15) is 0 Å². The number of hydrogen-bond donors (Lipinski definition) is 1. The summed E-state index contributed by atoms with van der Waals surface area (Å²) in [7, 11) is 1.61. The van der Waals surface area contributed by atoms with Crippen LogP contribution in [0.15, 0.2) is 34.9 Å². The monoisotopic (exact) mass is 233 g/mol. The molecule has 1 aromatic heterocycles. The second-order valence-corrected chi connectivity index (χ2v) is 3.81. The Hall–Kier alpha value is -1.72. The second-order valence-electron chi connectivity index (χ2n) is 3.81. The molecule has 5 heteroatoms. The lowest BCUT2D eigenvalue weighted by Crippen LogP contribution is -2.08. The zero-order valence-electron chi connectivity index (χ0n) is 9.83. The van der Waals surface area contributed by atoms with E-state index in [1.807, 2.05) is 30.3 Å². The molecule has 1 unspecified atom stereocenters. The molecule has 0 saturated heterocycles. The molecular formula is C12H15N3O2. The van der Waals surface area contributed by atoms with Gasteiger partial charge < -0.3 is 15.0 Å². The Kier molecular flexibility index (Phi) is 3.51. The van der Waals surface area contributed by atoms with Gasteiger partial charge >= 0.3 is 0 Å². The van der Waals surface area contributed by atoms with Crippen molar-refractivity contribution in [3.8, 4) is 0 Å². The van der Waals surface area contributed by atoms with Crippen LogP contribution >= 0.6 is 0 Å². The van der Waals surface area contributed by atoms with E-state index >= 15 is 0 Å². The Balaban J connectivity index is 2.29. The average Bonchev–Trinajstić information content (AvgIpc) is 2.81. The van der Waals surface area contributed by atoms with E-state index in [-0.39, 0.29) is 12.1 Å². The molecule has 2 rings (SSSR count). The average molecular weight is 233 g/mol. The van der Waals surface area contributed by atoms with Gasteiger partial charge in [-0.3, -0.25) is 0 Å².